The number of phenols is 1. The quantitative estimate of drug-likeness (QED) is 0.799. The number of rotatable bonds is 4. The molecule has 0 bridgehead atoms. The third-order valence-corrected chi connectivity index (χ3v) is 3.80. The van der Waals surface area contributed by atoms with E-state index in [1.165, 1.54) is 18.3 Å². The van der Waals surface area contributed by atoms with Crippen molar-refractivity contribution in [3.8, 4) is 5.75 Å². The zero-order valence-corrected chi connectivity index (χ0v) is 11.4. The number of anilines is 1. The van der Waals surface area contributed by atoms with Gasteiger partial charge in [-0.15, -0.1) is 0 Å². The monoisotopic (exact) mass is 281 g/mol. The summed E-state index contributed by atoms with van der Waals surface area (Å²) < 4.78 is 26.5. The van der Waals surface area contributed by atoms with Crippen LogP contribution < -0.4 is 4.72 Å². The highest BCUT2D eigenvalue weighted by Gasteiger charge is 2.18. The Morgan fingerprint density at radius 3 is 2.68 bits per heavy atom. The largest absolute Gasteiger partial charge is 0.508 e. The van der Waals surface area contributed by atoms with Crippen molar-refractivity contribution in [3.05, 3.63) is 36.3 Å². The number of nitrogens with zero attached hydrogens (tertiary/aromatic N) is 1. The molecular formula is C12H15N3O3S. The number of aromatic hydroxyl groups is 1. The van der Waals surface area contributed by atoms with Gasteiger partial charge in [0.2, 0.25) is 0 Å². The van der Waals surface area contributed by atoms with Gasteiger partial charge in [0.1, 0.15) is 11.6 Å². The van der Waals surface area contributed by atoms with Crippen molar-refractivity contribution in [1.82, 2.24) is 9.97 Å². The zero-order chi connectivity index (χ0) is 14.0. The fourth-order valence-corrected chi connectivity index (χ4v) is 2.51. The summed E-state index contributed by atoms with van der Waals surface area (Å²) in [6.45, 7) is 3.83. The summed E-state index contributed by atoms with van der Waals surface area (Å²) in [5.41, 5.74) is 0.292. The standard InChI is InChI=1S/C12H15N3O3S/c1-8(2)12-13-7-11(14-12)19(17,18)15-9-4-3-5-10(16)6-9/h3-8,15-16H,1-2H3,(H,13,14). The van der Waals surface area contributed by atoms with Crippen LogP contribution in [0.1, 0.15) is 25.6 Å². The summed E-state index contributed by atoms with van der Waals surface area (Å²) in [7, 11) is -3.72. The molecule has 6 nitrogen and oxygen atoms in total. The highest BCUT2D eigenvalue weighted by atomic mass is 32.2. The maximum absolute atomic E-state index is 12.1. The number of H-pyrrole nitrogens is 1. The lowest BCUT2D eigenvalue weighted by molar-refractivity contribution is 0.475. The topological polar surface area (TPSA) is 95.1 Å². The minimum Gasteiger partial charge on any atom is -0.508 e. The van der Waals surface area contributed by atoms with Gasteiger partial charge in [-0.2, -0.15) is 8.42 Å². The van der Waals surface area contributed by atoms with Crippen molar-refractivity contribution >= 4 is 15.7 Å². The van der Waals surface area contributed by atoms with E-state index in [1.54, 1.807) is 12.1 Å². The van der Waals surface area contributed by atoms with Gasteiger partial charge >= 0.3 is 0 Å². The molecule has 0 aliphatic rings. The van der Waals surface area contributed by atoms with E-state index >= 15 is 0 Å². The van der Waals surface area contributed by atoms with Crippen molar-refractivity contribution in [1.29, 1.82) is 0 Å². The molecule has 0 atom stereocenters. The predicted octanol–water partition coefficient (Wildman–Crippen LogP) is 2.04. The number of hydrogen-bond acceptors (Lipinski definition) is 4. The maximum atomic E-state index is 12.1. The molecule has 0 unspecified atom stereocenters. The van der Waals surface area contributed by atoms with Crippen molar-refractivity contribution in [2.24, 2.45) is 0 Å². The lowest BCUT2D eigenvalue weighted by Crippen LogP contribution is -2.13. The molecule has 1 aromatic carbocycles. The first-order valence-corrected chi connectivity index (χ1v) is 7.23. The summed E-state index contributed by atoms with van der Waals surface area (Å²) in [6, 6.07) is 5.90. The van der Waals surface area contributed by atoms with Crippen LogP contribution in [0.3, 0.4) is 0 Å². The van der Waals surface area contributed by atoms with E-state index in [0.29, 0.717) is 11.5 Å². The second-order valence-electron chi connectivity index (χ2n) is 4.44. The zero-order valence-electron chi connectivity index (χ0n) is 10.6. The Morgan fingerprint density at radius 2 is 2.11 bits per heavy atom. The molecule has 2 aromatic rings. The maximum Gasteiger partial charge on any atom is 0.278 e. The predicted molar refractivity (Wildman–Crippen MR) is 71.6 cm³/mol. The number of aromatic amines is 1. The molecule has 0 spiro atoms. The molecule has 0 radical (unpaired) electrons. The van der Waals surface area contributed by atoms with E-state index in [-0.39, 0.29) is 16.7 Å². The van der Waals surface area contributed by atoms with Crippen LogP contribution in [0.15, 0.2) is 35.5 Å². The van der Waals surface area contributed by atoms with E-state index in [2.05, 4.69) is 14.7 Å². The number of sulfonamides is 1. The number of imidazole rings is 1. The van der Waals surface area contributed by atoms with Crippen LogP contribution in [-0.4, -0.2) is 23.5 Å². The van der Waals surface area contributed by atoms with Crippen molar-refractivity contribution in [2.45, 2.75) is 24.8 Å². The Hall–Kier alpha value is -2.02. The number of benzene rings is 1. The van der Waals surface area contributed by atoms with Crippen LogP contribution in [0.5, 0.6) is 5.75 Å². The van der Waals surface area contributed by atoms with Gasteiger partial charge in [0.05, 0.1) is 11.9 Å². The summed E-state index contributed by atoms with van der Waals surface area (Å²) in [5.74, 6) is 0.716. The Morgan fingerprint density at radius 1 is 1.37 bits per heavy atom. The minimum atomic E-state index is -3.72. The minimum absolute atomic E-state index is 0.000423. The smallest absolute Gasteiger partial charge is 0.278 e. The molecule has 1 aromatic heterocycles. The fraction of sp³-hybridized carbons (Fsp3) is 0.250. The molecule has 102 valence electrons. The van der Waals surface area contributed by atoms with Crippen LogP contribution in [0.2, 0.25) is 0 Å². The molecule has 7 heteroatoms. The van der Waals surface area contributed by atoms with E-state index in [0.717, 1.165) is 0 Å². The van der Waals surface area contributed by atoms with E-state index in [9.17, 15) is 13.5 Å². The average molecular weight is 281 g/mol. The van der Waals surface area contributed by atoms with Crippen molar-refractivity contribution in [3.63, 3.8) is 0 Å². The van der Waals surface area contributed by atoms with Crippen LogP contribution in [0.25, 0.3) is 0 Å². The molecular weight excluding hydrogens is 266 g/mol. The van der Waals surface area contributed by atoms with Gasteiger partial charge in [0.15, 0.2) is 5.03 Å². The van der Waals surface area contributed by atoms with E-state index in [4.69, 9.17) is 0 Å². The second kappa shape index (κ2) is 4.93. The number of hydrogen-bond donors (Lipinski definition) is 3. The van der Waals surface area contributed by atoms with Gasteiger partial charge in [-0.1, -0.05) is 19.9 Å². The summed E-state index contributed by atoms with van der Waals surface area (Å²) in [6.07, 6.45) is 1.28. The first-order chi connectivity index (χ1) is 8.88. The lowest BCUT2D eigenvalue weighted by atomic mass is 10.2. The second-order valence-corrected chi connectivity index (χ2v) is 6.09. The summed E-state index contributed by atoms with van der Waals surface area (Å²) in [4.78, 5) is 6.78. The van der Waals surface area contributed by atoms with Crippen molar-refractivity contribution in [2.75, 3.05) is 4.72 Å². The van der Waals surface area contributed by atoms with Crippen LogP contribution in [-0.2, 0) is 10.0 Å². The number of nitrogens with one attached hydrogen (secondary N) is 2. The Balaban J connectivity index is 2.27. The number of phenolic OH excluding ortho intramolecular Hbond substituents is 1. The molecule has 2 rings (SSSR count). The van der Waals surface area contributed by atoms with Crippen LogP contribution in [0.4, 0.5) is 5.69 Å². The number of aromatic nitrogens is 2. The van der Waals surface area contributed by atoms with Gasteiger partial charge in [0, 0.05) is 12.0 Å². The lowest BCUT2D eigenvalue weighted by Gasteiger charge is -2.06. The molecule has 3 N–H and O–H groups in total. The molecule has 19 heavy (non-hydrogen) atoms. The first-order valence-electron chi connectivity index (χ1n) is 5.75. The normalized spacial score (nSPS) is 11.7. The van der Waals surface area contributed by atoms with Crippen LogP contribution >= 0.6 is 0 Å². The van der Waals surface area contributed by atoms with Gasteiger partial charge in [-0.3, -0.25) is 4.72 Å². The third-order valence-electron chi connectivity index (χ3n) is 2.51. The Labute approximate surface area is 111 Å². The van der Waals surface area contributed by atoms with Gasteiger partial charge in [-0.05, 0) is 12.1 Å². The first kappa shape index (κ1) is 13.4. The summed E-state index contributed by atoms with van der Waals surface area (Å²) in [5, 5.41) is 9.30. The third kappa shape index (κ3) is 3.05. The molecule has 0 aliphatic heterocycles. The SMILES string of the molecule is CC(C)c1ncc(S(=O)(=O)Nc2cccc(O)c2)[nH]1. The Kier molecular flexibility index (Phi) is 3.48. The highest BCUT2D eigenvalue weighted by Crippen LogP contribution is 2.20. The van der Waals surface area contributed by atoms with E-state index in [1.807, 2.05) is 13.8 Å². The van der Waals surface area contributed by atoms with Crippen LogP contribution in [0, 0.1) is 0 Å². The molecule has 1 heterocycles. The van der Waals surface area contributed by atoms with Gasteiger partial charge in [0.25, 0.3) is 10.0 Å². The summed E-state index contributed by atoms with van der Waals surface area (Å²) >= 11 is 0. The molecule has 0 saturated carbocycles. The van der Waals surface area contributed by atoms with E-state index < -0.39 is 10.0 Å². The average Bonchev–Trinajstić information content (AvgIpc) is 2.78. The fourth-order valence-electron chi connectivity index (χ4n) is 1.53. The molecule has 0 saturated heterocycles. The molecule has 0 aliphatic carbocycles. The highest BCUT2D eigenvalue weighted by molar-refractivity contribution is 7.92. The molecule has 0 amide bonds. The van der Waals surface area contributed by atoms with Crippen molar-refractivity contribution < 1.29 is 13.5 Å². The van der Waals surface area contributed by atoms with Gasteiger partial charge in [-0.25, -0.2) is 4.98 Å². The Bertz CT molecular complexity index is 677. The molecule has 0 fully saturated rings. The van der Waals surface area contributed by atoms with Gasteiger partial charge < -0.3 is 10.1 Å².